The number of hydrogen-bond acceptors (Lipinski definition) is 4. The molecule has 0 aromatic carbocycles. The van der Waals surface area contributed by atoms with E-state index in [1.807, 2.05) is 7.05 Å². The lowest BCUT2D eigenvalue weighted by molar-refractivity contribution is 0.458. The molecule has 2 aromatic heterocycles. The van der Waals surface area contributed by atoms with Crippen LogP contribution in [0.15, 0.2) is 24.5 Å². The van der Waals surface area contributed by atoms with Gasteiger partial charge in [-0.05, 0) is 18.5 Å². The first kappa shape index (κ1) is 14.8. The second-order valence-electron chi connectivity index (χ2n) is 5.05. The highest BCUT2D eigenvalue weighted by Crippen LogP contribution is 2.22. The Morgan fingerprint density at radius 1 is 1.40 bits per heavy atom. The maximum atomic E-state index is 6.14. The van der Waals surface area contributed by atoms with E-state index in [2.05, 4.69) is 29.2 Å². The molecule has 5 nitrogen and oxygen atoms in total. The molecule has 6 heteroatoms. The largest absolute Gasteiger partial charge is 0.436 e. The zero-order valence-corrected chi connectivity index (χ0v) is 12.7. The molecule has 2 heterocycles. The Hall–Kier alpha value is -1.59. The molecule has 0 aliphatic carbocycles. The number of ether oxygens (including phenoxy) is 1. The maximum absolute atomic E-state index is 6.14. The molecule has 0 aliphatic heterocycles. The molecule has 2 aromatic rings. The van der Waals surface area contributed by atoms with E-state index in [0.29, 0.717) is 29.1 Å². The fourth-order valence-corrected chi connectivity index (χ4v) is 1.87. The first-order valence-corrected chi connectivity index (χ1v) is 6.95. The first-order chi connectivity index (χ1) is 9.54. The average molecular weight is 295 g/mol. The molecule has 0 radical (unpaired) electrons. The molecule has 0 atom stereocenters. The van der Waals surface area contributed by atoms with E-state index in [9.17, 15) is 0 Å². The van der Waals surface area contributed by atoms with Crippen molar-refractivity contribution in [2.24, 2.45) is 13.0 Å². The lowest BCUT2D eigenvalue weighted by Crippen LogP contribution is -2.19. The van der Waals surface area contributed by atoms with E-state index >= 15 is 0 Å². The summed E-state index contributed by atoms with van der Waals surface area (Å²) in [4.78, 5) is 4.42. The molecule has 1 N–H and O–H groups in total. The van der Waals surface area contributed by atoms with Crippen LogP contribution in [0.3, 0.4) is 0 Å². The third-order valence-corrected chi connectivity index (χ3v) is 2.99. The van der Waals surface area contributed by atoms with Gasteiger partial charge in [-0.3, -0.25) is 4.68 Å². The van der Waals surface area contributed by atoms with Crippen LogP contribution in [0.25, 0.3) is 0 Å². The molecule has 0 unspecified atom stereocenters. The molecular formula is C14H19ClN4O. The molecular weight excluding hydrogens is 276 g/mol. The van der Waals surface area contributed by atoms with Crippen molar-refractivity contribution in [2.75, 3.05) is 6.54 Å². The molecule has 20 heavy (non-hydrogen) atoms. The van der Waals surface area contributed by atoms with Crippen LogP contribution in [-0.2, 0) is 13.6 Å². The van der Waals surface area contributed by atoms with Crippen LogP contribution in [0.2, 0.25) is 5.02 Å². The number of rotatable bonds is 6. The zero-order valence-electron chi connectivity index (χ0n) is 11.9. The van der Waals surface area contributed by atoms with Crippen molar-refractivity contribution in [3.05, 3.63) is 35.2 Å². The number of halogens is 1. The van der Waals surface area contributed by atoms with Gasteiger partial charge in [-0.2, -0.15) is 5.10 Å². The normalized spacial score (nSPS) is 11.1. The predicted octanol–water partition coefficient (Wildman–Crippen LogP) is 3.01. The minimum atomic E-state index is 0.517. The van der Waals surface area contributed by atoms with Crippen molar-refractivity contribution in [3.8, 4) is 11.6 Å². The van der Waals surface area contributed by atoms with Gasteiger partial charge in [0.05, 0.1) is 23.1 Å². The van der Waals surface area contributed by atoms with Gasteiger partial charge in [0.2, 0.25) is 5.88 Å². The van der Waals surface area contributed by atoms with E-state index < -0.39 is 0 Å². The predicted molar refractivity (Wildman–Crippen MR) is 79.1 cm³/mol. The summed E-state index contributed by atoms with van der Waals surface area (Å²) >= 11 is 6.14. The number of pyridine rings is 1. The zero-order chi connectivity index (χ0) is 14.5. The first-order valence-electron chi connectivity index (χ1n) is 6.57. The van der Waals surface area contributed by atoms with Gasteiger partial charge < -0.3 is 10.1 Å². The summed E-state index contributed by atoms with van der Waals surface area (Å²) in [5, 5.41) is 8.00. The Morgan fingerprint density at radius 2 is 2.20 bits per heavy atom. The van der Waals surface area contributed by atoms with Crippen molar-refractivity contribution < 1.29 is 4.74 Å². The highest BCUT2D eigenvalue weighted by molar-refractivity contribution is 6.31. The lowest BCUT2D eigenvalue weighted by Gasteiger charge is -2.09. The smallest absolute Gasteiger partial charge is 0.219 e. The van der Waals surface area contributed by atoms with Crippen LogP contribution in [-0.4, -0.2) is 21.3 Å². The summed E-state index contributed by atoms with van der Waals surface area (Å²) in [5.74, 6) is 1.76. The van der Waals surface area contributed by atoms with Gasteiger partial charge in [-0.1, -0.05) is 25.4 Å². The molecule has 0 saturated heterocycles. The lowest BCUT2D eigenvalue weighted by atomic mass is 10.2. The second kappa shape index (κ2) is 6.72. The van der Waals surface area contributed by atoms with Crippen LogP contribution in [0, 0.1) is 5.92 Å². The Labute approximate surface area is 123 Å². The van der Waals surface area contributed by atoms with Crippen LogP contribution in [0.5, 0.6) is 11.6 Å². The van der Waals surface area contributed by atoms with Crippen LogP contribution in [0.4, 0.5) is 0 Å². The summed E-state index contributed by atoms with van der Waals surface area (Å²) in [7, 11) is 1.84. The quantitative estimate of drug-likeness (QED) is 0.890. The van der Waals surface area contributed by atoms with Crippen molar-refractivity contribution >= 4 is 11.6 Å². The van der Waals surface area contributed by atoms with E-state index in [1.165, 1.54) is 0 Å². The third-order valence-electron chi connectivity index (χ3n) is 2.64. The number of aryl methyl sites for hydroxylation is 1. The minimum absolute atomic E-state index is 0.517. The van der Waals surface area contributed by atoms with Gasteiger partial charge in [0.25, 0.3) is 0 Å². The van der Waals surface area contributed by atoms with E-state index in [1.54, 1.807) is 29.2 Å². The number of nitrogens with zero attached hydrogens (tertiary/aromatic N) is 3. The molecule has 0 amide bonds. The fourth-order valence-electron chi connectivity index (χ4n) is 1.70. The maximum Gasteiger partial charge on any atom is 0.219 e. The number of nitrogens with one attached hydrogen (secondary N) is 1. The average Bonchev–Trinajstić information content (AvgIpc) is 2.78. The van der Waals surface area contributed by atoms with Crippen molar-refractivity contribution in [1.29, 1.82) is 0 Å². The Bertz CT molecular complexity index is 568. The van der Waals surface area contributed by atoms with Gasteiger partial charge in [-0.15, -0.1) is 0 Å². The van der Waals surface area contributed by atoms with Gasteiger partial charge in [0, 0.05) is 19.7 Å². The highest BCUT2D eigenvalue weighted by atomic mass is 35.5. The Morgan fingerprint density at radius 3 is 2.85 bits per heavy atom. The SMILES string of the molecule is CC(C)CNCc1nc(Oc2cnn(C)c2)ccc1Cl. The molecule has 0 spiro atoms. The number of hydrogen-bond donors (Lipinski definition) is 1. The van der Waals surface area contributed by atoms with Crippen molar-refractivity contribution in [1.82, 2.24) is 20.1 Å². The fraction of sp³-hybridized carbons (Fsp3) is 0.429. The Kier molecular flexibility index (Phi) is 4.98. The molecule has 0 bridgehead atoms. The van der Waals surface area contributed by atoms with E-state index in [-0.39, 0.29) is 0 Å². The van der Waals surface area contributed by atoms with Crippen LogP contribution in [0.1, 0.15) is 19.5 Å². The second-order valence-corrected chi connectivity index (χ2v) is 5.46. The van der Waals surface area contributed by atoms with Crippen molar-refractivity contribution in [2.45, 2.75) is 20.4 Å². The summed E-state index contributed by atoms with van der Waals surface area (Å²) in [6, 6.07) is 3.55. The van der Waals surface area contributed by atoms with Gasteiger partial charge in [-0.25, -0.2) is 4.98 Å². The summed E-state index contributed by atoms with van der Waals surface area (Å²) in [6.45, 7) is 5.86. The Balaban J connectivity index is 2.03. The molecule has 108 valence electrons. The van der Waals surface area contributed by atoms with Gasteiger partial charge >= 0.3 is 0 Å². The van der Waals surface area contributed by atoms with E-state index in [0.717, 1.165) is 12.2 Å². The topological polar surface area (TPSA) is 52.0 Å². The van der Waals surface area contributed by atoms with E-state index in [4.69, 9.17) is 16.3 Å². The molecule has 0 aliphatic rings. The van der Waals surface area contributed by atoms with Gasteiger partial charge in [0.1, 0.15) is 0 Å². The summed E-state index contributed by atoms with van der Waals surface area (Å²) < 4.78 is 7.32. The molecule has 0 fully saturated rings. The van der Waals surface area contributed by atoms with Gasteiger partial charge in [0.15, 0.2) is 5.75 Å². The summed E-state index contributed by atoms with van der Waals surface area (Å²) in [6.07, 6.45) is 3.43. The van der Waals surface area contributed by atoms with Crippen molar-refractivity contribution in [3.63, 3.8) is 0 Å². The minimum Gasteiger partial charge on any atom is -0.436 e. The number of aromatic nitrogens is 3. The summed E-state index contributed by atoms with van der Waals surface area (Å²) in [5.41, 5.74) is 0.786. The highest BCUT2D eigenvalue weighted by Gasteiger charge is 2.07. The van der Waals surface area contributed by atoms with Crippen LogP contribution < -0.4 is 10.1 Å². The monoisotopic (exact) mass is 294 g/mol. The third kappa shape index (κ3) is 4.21. The van der Waals surface area contributed by atoms with Crippen LogP contribution >= 0.6 is 11.6 Å². The molecule has 0 saturated carbocycles. The standard InChI is InChI=1S/C14H19ClN4O/c1-10(2)6-16-8-13-12(15)4-5-14(18-13)20-11-7-17-19(3)9-11/h4-5,7,9-10,16H,6,8H2,1-3H3. The molecule has 2 rings (SSSR count).